The Morgan fingerprint density at radius 2 is 1.75 bits per heavy atom. The molecule has 2 aromatic heterocycles. The van der Waals surface area contributed by atoms with Crippen LogP contribution in [0, 0.1) is 0 Å². The Balaban J connectivity index is 1.65. The Bertz CT molecular complexity index is 1150. The second kappa shape index (κ2) is 7.57. The van der Waals surface area contributed by atoms with Crippen molar-refractivity contribution in [1.29, 1.82) is 0 Å². The molecule has 6 nitrogen and oxygen atoms in total. The Kier molecular flexibility index (Phi) is 4.97. The van der Waals surface area contributed by atoms with Crippen molar-refractivity contribution < 1.29 is 12.9 Å². The maximum absolute atomic E-state index is 13.2. The molecule has 2 heterocycles. The van der Waals surface area contributed by atoms with Gasteiger partial charge in [0.15, 0.2) is 5.13 Å². The van der Waals surface area contributed by atoms with Crippen LogP contribution in [0.15, 0.2) is 82.5 Å². The Morgan fingerprint density at radius 1 is 1.00 bits per heavy atom. The van der Waals surface area contributed by atoms with E-state index in [4.69, 9.17) is 4.52 Å². The molecule has 8 heteroatoms. The third kappa shape index (κ3) is 3.44. The van der Waals surface area contributed by atoms with E-state index < -0.39 is 10.0 Å². The summed E-state index contributed by atoms with van der Waals surface area (Å²) in [4.78, 5) is 5.49. The number of hydrogen-bond acceptors (Lipinski definition) is 6. The van der Waals surface area contributed by atoms with Crippen LogP contribution in [0.5, 0.6) is 0 Å². The van der Waals surface area contributed by atoms with Crippen LogP contribution in [0.2, 0.25) is 0 Å². The van der Waals surface area contributed by atoms with Crippen molar-refractivity contribution >= 4 is 26.5 Å². The molecule has 0 atom stereocenters. The first kappa shape index (κ1) is 18.4. The molecule has 28 heavy (non-hydrogen) atoms. The van der Waals surface area contributed by atoms with Gasteiger partial charge >= 0.3 is 0 Å². The second-order valence-electron chi connectivity index (χ2n) is 5.95. The maximum Gasteiger partial charge on any atom is 0.266 e. The highest BCUT2D eigenvalue weighted by molar-refractivity contribution is 7.93. The van der Waals surface area contributed by atoms with Gasteiger partial charge in [0.2, 0.25) is 0 Å². The van der Waals surface area contributed by atoms with Gasteiger partial charge in [0.25, 0.3) is 10.0 Å². The predicted octanol–water partition coefficient (Wildman–Crippen LogP) is 4.68. The molecular weight excluding hydrogens is 394 g/mol. The molecule has 142 valence electrons. The van der Waals surface area contributed by atoms with Gasteiger partial charge in [0.05, 0.1) is 9.77 Å². The molecule has 0 aliphatic heterocycles. The van der Waals surface area contributed by atoms with Crippen molar-refractivity contribution in [1.82, 2.24) is 10.1 Å². The van der Waals surface area contributed by atoms with E-state index in [2.05, 4.69) is 10.1 Å². The van der Waals surface area contributed by atoms with Gasteiger partial charge in [-0.3, -0.25) is 0 Å². The number of anilines is 1. The van der Waals surface area contributed by atoms with Crippen LogP contribution in [0.4, 0.5) is 5.13 Å². The molecule has 0 bridgehead atoms. The molecule has 4 aromatic rings. The molecule has 0 fully saturated rings. The lowest BCUT2D eigenvalue weighted by Crippen LogP contribution is -2.30. The van der Waals surface area contributed by atoms with Crippen molar-refractivity contribution in [2.75, 3.05) is 10.8 Å². The summed E-state index contributed by atoms with van der Waals surface area (Å²) in [5.74, 6) is 0. The van der Waals surface area contributed by atoms with E-state index in [0.717, 1.165) is 16.0 Å². The zero-order valence-corrected chi connectivity index (χ0v) is 16.7. The van der Waals surface area contributed by atoms with E-state index in [-0.39, 0.29) is 11.4 Å². The summed E-state index contributed by atoms with van der Waals surface area (Å²) in [5.41, 5.74) is 2.46. The van der Waals surface area contributed by atoms with Crippen LogP contribution in [0.3, 0.4) is 0 Å². The first-order chi connectivity index (χ1) is 13.6. The minimum atomic E-state index is -3.72. The van der Waals surface area contributed by atoms with Crippen LogP contribution in [-0.2, 0) is 10.0 Å². The molecule has 0 saturated carbocycles. The molecule has 0 aliphatic rings. The number of hydrogen-bond donors (Lipinski definition) is 0. The fourth-order valence-electron chi connectivity index (χ4n) is 2.81. The van der Waals surface area contributed by atoms with Gasteiger partial charge in [-0.25, -0.2) is 17.7 Å². The molecular formula is C20H17N3O3S2. The highest BCUT2D eigenvalue weighted by Gasteiger charge is 2.26. The Labute approximate surface area is 167 Å². The number of thiazole rings is 1. The van der Waals surface area contributed by atoms with Crippen molar-refractivity contribution in [2.24, 2.45) is 0 Å². The standard InChI is InChI=1S/C20H17N3O3S2/c1-2-23(20-21-14-19(27-20)16-6-4-3-5-7-16)28(24,25)17-10-8-15(9-11-17)18-12-13-26-22-18/h3-14H,2H2,1H3. The Morgan fingerprint density at radius 3 is 2.39 bits per heavy atom. The zero-order valence-electron chi connectivity index (χ0n) is 15.0. The van der Waals surface area contributed by atoms with Crippen molar-refractivity contribution in [3.05, 3.63) is 73.1 Å². The van der Waals surface area contributed by atoms with E-state index in [1.54, 1.807) is 43.5 Å². The SMILES string of the molecule is CCN(c1ncc(-c2ccccc2)s1)S(=O)(=O)c1ccc(-c2ccon2)cc1. The quantitative estimate of drug-likeness (QED) is 0.460. The molecule has 0 radical (unpaired) electrons. The fourth-order valence-corrected chi connectivity index (χ4v) is 5.44. The molecule has 0 aliphatic carbocycles. The van der Waals surface area contributed by atoms with Gasteiger partial charge in [-0.2, -0.15) is 0 Å². The minimum Gasteiger partial charge on any atom is -0.364 e. The normalized spacial score (nSPS) is 11.5. The number of sulfonamides is 1. The van der Waals surface area contributed by atoms with Crippen LogP contribution >= 0.6 is 11.3 Å². The van der Waals surface area contributed by atoms with Gasteiger partial charge in [0, 0.05) is 24.4 Å². The van der Waals surface area contributed by atoms with Crippen LogP contribution < -0.4 is 4.31 Å². The van der Waals surface area contributed by atoms with E-state index in [0.29, 0.717) is 10.8 Å². The summed E-state index contributed by atoms with van der Waals surface area (Å²) in [5, 5.41) is 4.31. The molecule has 0 spiro atoms. The Hall–Kier alpha value is -2.97. The van der Waals surface area contributed by atoms with E-state index in [1.807, 2.05) is 30.3 Å². The summed E-state index contributed by atoms with van der Waals surface area (Å²) in [7, 11) is -3.72. The van der Waals surface area contributed by atoms with Gasteiger partial charge in [-0.1, -0.05) is 59.0 Å². The number of nitrogens with zero attached hydrogens (tertiary/aromatic N) is 3. The summed E-state index contributed by atoms with van der Waals surface area (Å²) in [6, 6.07) is 18.1. The van der Waals surface area contributed by atoms with Crippen molar-refractivity contribution in [2.45, 2.75) is 11.8 Å². The highest BCUT2D eigenvalue weighted by Crippen LogP contribution is 2.33. The second-order valence-corrected chi connectivity index (χ2v) is 8.82. The first-order valence-corrected chi connectivity index (χ1v) is 10.9. The molecule has 2 aromatic carbocycles. The monoisotopic (exact) mass is 411 g/mol. The van der Waals surface area contributed by atoms with Crippen molar-refractivity contribution in [3.63, 3.8) is 0 Å². The van der Waals surface area contributed by atoms with Crippen molar-refractivity contribution in [3.8, 4) is 21.7 Å². The summed E-state index contributed by atoms with van der Waals surface area (Å²) >= 11 is 1.35. The topological polar surface area (TPSA) is 76.3 Å². The lowest BCUT2D eigenvalue weighted by atomic mass is 10.2. The average Bonchev–Trinajstić information content (AvgIpc) is 3.42. The lowest BCUT2D eigenvalue weighted by Gasteiger charge is -2.19. The molecule has 4 rings (SSSR count). The molecule has 0 N–H and O–H groups in total. The first-order valence-electron chi connectivity index (χ1n) is 8.64. The van der Waals surface area contributed by atoms with E-state index in [1.165, 1.54) is 21.9 Å². The zero-order chi connectivity index (χ0) is 19.6. The summed E-state index contributed by atoms with van der Waals surface area (Å²) < 4.78 is 32.5. The fraction of sp³-hybridized carbons (Fsp3) is 0.100. The van der Waals surface area contributed by atoms with Crippen LogP contribution in [0.1, 0.15) is 6.92 Å². The molecule has 0 saturated heterocycles. The number of rotatable bonds is 6. The smallest absolute Gasteiger partial charge is 0.266 e. The third-order valence-corrected chi connectivity index (χ3v) is 7.29. The van der Waals surface area contributed by atoms with Gasteiger partial charge in [0.1, 0.15) is 12.0 Å². The largest absolute Gasteiger partial charge is 0.364 e. The van der Waals surface area contributed by atoms with Gasteiger partial charge < -0.3 is 4.52 Å². The van der Waals surface area contributed by atoms with Gasteiger partial charge in [-0.05, 0) is 24.6 Å². The minimum absolute atomic E-state index is 0.207. The molecule has 0 unspecified atom stereocenters. The number of benzene rings is 2. The number of aromatic nitrogens is 2. The van der Waals surface area contributed by atoms with E-state index >= 15 is 0 Å². The highest BCUT2D eigenvalue weighted by atomic mass is 32.2. The maximum atomic E-state index is 13.2. The van der Waals surface area contributed by atoms with Crippen LogP contribution in [0.25, 0.3) is 21.7 Å². The summed E-state index contributed by atoms with van der Waals surface area (Å²) in [6.45, 7) is 2.08. The predicted molar refractivity (Wildman–Crippen MR) is 110 cm³/mol. The third-order valence-electron chi connectivity index (χ3n) is 4.23. The van der Waals surface area contributed by atoms with Gasteiger partial charge in [-0.15, -0.1) is 0 Å². The summed E-state index contributed by atoms with van der Waals surface area (Å²) in [6.07, 6.45) is 3.19. The average molecular weight is 412 g/mol. The van der Waals surface area contributed by atoms with Crippen LogP contribution in [-0.4, -0.2) is 25.1 Å². The van der Waals surface area contributed by atoms with E-state index in [9.17, 15) is 8.42 Å². The lowest BCUT2D eigenvalue weighted by molar-refractivity contribution is 0.422. The molecule has 0 amide bonds.